The first kappa shape index (κ1) is 58.8. The van der Waals surface area contributed by atoms with Gasteiger partial charge >= 0.3 is 11.9 Å². The van der Waals surface area contributed by atoms with Crippen molar-refractivity contribution in [1.29, 1.82) is 0 Å². The van der Waals surface area contributed by atoms with Crippen molar-refractivity contribution in [3.8, 4) is 58.0 Å². The number of ether oxygens (including phenoxy) is 4. The molecule has 2 aromatic carbocycles. The number of carboxylic acids is 1. The minimum absolute atomic E-state index is 0.0315. The summed E-state index contributed by atoms with van der Waals surface area (Å²) >= 11 is 0. The second-order valence-electron chi connectivity index (χ2n) is 23.4. The van der Waals surface area contributed by atoms with Gasteiger partial charge in [-0.05, 0) is 79.2 Å². The lowest BCUT2D eigenvalue weighted by molar-refractivity contribution is -0.434. The van der Waals surface area contributed by atoms with Gasteiger partial charge in [-0.2, -0.15) is 0 Å². The summed E-state index contributed by atoms with van der Waals surface area (Å²) in [5, 5.41) is 159. The van der Waals surface area contributed by atoms with Crippen LogP contribution in [0.5, 0.6) is 23.0 Å². The molecule has 13 rings (SSSR count). The molecule has 2 aromatic heterocycles. The molecule has 6 bridgehead atoms. The molecule has 2 spiro atoms. The van der Waals surface area contributed by atoms with E-state index in [0.717, 1.165) is 43.4 Å². The average Bonchev–Trinajstić information content (AvgIpc) is 1.31. The molecule has 454 valence electrons. The zero-order valence-electron chi connectivity index (χ0n) is 46.1. The van der Waals surface area contributed by atoms with Gasteiger partial charge in [0.2, 0.25) is 17.2 Å². The molecule has 0 amide bonds. The molecule has 9 heterocycles. The van der Waals surface area contributed by atoms with Crippen LogP contribution in [-0.4, -0.2) is 174 Å². The van der Waals surface area contributed by atoms with Crippen LogP contribution in [0.4, 0.5) is 0 Å². The number of aliphatic hydroxyl groups is 9. The Balaban J connectivity index is 1.15. The number of hydrogen-bond acceptors (Lipinski definition) is 23. The molecular formula is C61H63N3O22. The number of phenolic OH excluding ortho intramolecular Hbond substituents is 3. The Bertz CT molecular complexity index is 3810. The molecule has 9 aliphatic rings. The zero-order valence-corrected chi connectivity index (χ0v) is 46.1. The van der Waals surface area contributed by atoms with E-state index in [1.165, 1.54) is 18.2 Å². The number of aliphatic hydroxyl groups excluding tert-OH is 6. The summed E-state index contributed by atoms with van der Waals surface area (Å²) in [6, 6.07) is 6.46. The predicted octanol–water partition coefficient (Wildman–Crippen LogP) is -0.0695. The number of carbonyl (C=O) groups is 3. The number of aliphatic carboxylic acids is 1. The van der Waals surface area contributed by atoms with E-state index in [1.54, 1.807) is 12.3 Å². The van der Waals surface area contributed by atoms with Crippen LogP contribution in [0.3, 0.4) is 0 Å². The molecule has 14 atom stereocenters. The number of aromatic amines is 1. The molecule has 1 saturated carbocycles. The van der Waals surface area contributed by atoms with Crippen LogP contribution in [0, 0.1) is 35.5 Å². The highest BCUT2D eigenvalue weighted by Gasteiger charge is 2.78. The number of hydrogen-bond donors (Lipinski definition) is 16. The molecule has 4 aromatic rings. The lowest BCUT2D eigenvalue weighted by Gasteiger charge is -2.58. The molecule has 1 unspecified atom stereocenters. The summed E-state index contributed by atoms with van der Waals surface area (Å²) in [5.41, 5.74) is -9.26. The van der Waals surface area contributed by atoms with Crippen molar-refractivity contribution < 1.29 is 104 Å². The number of carbonyl (C=O) groups excluding carboxylic acids is 2. The lowest BCUT2D eigenvalue weighted by atomic mass is 9.67. The van der Waals surface area contributed by atoms with Gasteiger partial charge in [0.25, 0.3) is 11.4 Å². The lowest BCUT2D eigenvalue weighted by Crippen LogP contribution is -2.81. The van der Waals surface area contributed by atoms with Gasteiger partial charge in [0.15, 0.2) is 29.1 Å². The molecule has 4 fully saturated rings. The molecule has 25 nitrogen and oxygen atoms in total. The van der Waals surface area contributed by atoms with Crippen LogP contribution in [-0.2, 0) is 41.4 Å². The molecular weight excluding hydrogens is 1130 g/mol. The highest BCUT2D eigenvalue weighted by molar-refractivity contribution is 5.90. The van der Waals surface area contributed by atoms with E-state index in [4.69, 9.17) is 23.4 Å². The van der Waals surface area contributed by atoms with Crippen LogP contribution in [0.1, 0.15) is 93.0 Å². The number of H-pyrrole nitrogens is 1. The summed E-state index contributed by atoms with van der Waals surface area (Å²) in [5.74, 6) is -9.91. The average molecular weight is 1190 g/mol. The zero-order chi connectivity index (χ0) is 61.2. The maximum atomic E-state index is 16.1. The monoisotopic (exact) mass is 1190 g/mol. The highest BCUT2D eigenvalue weighted by atomic mass is 16.8. The van der Waals surface area contributed by atoms with Gasteiger partial charge in [-0.3, -0.25) is 10.1 Å². The maximum absolute atomic E-state index is 16.1. The Morgan fingerprint density at radius 1 is 0.930 bits per heavy atom. The first-order valence-corrected chi connectivity index (χ1v) is 28.3. The van der Waals surface area contributed by atoms with Crippen molar-refractivity contribution in [1.82, 2.24) is 15.6 Å². The molecule has 86 heavy (non-hydrogen) atoms. The summed E-state index contributed by atoms with van der Waals surface area (Å²) in [4.78, 5) is 59.5. The standard InChI is InChI=1S/C61H63N3O22/c1-2-38-36(23-35-30-6-3-8-34(19-30)63-53(35)64-38)37-21-33-22-39-29(9-15-62-39)7-4-12-56(79)49(72)51(74)60(33,83-44-25-43-46(48(71)45(37)44)40(68)24-42(82-43)32-18-31(11-17-66)47(70)41(69)20-32)86-58(56)14-5-13-57(54(76)77)61(80,81)52(75)50(73)59(85-57,84-55(58)78)26-28(27-67)10-16-65/h9,15-16,18,20-21,23-25,28,30,34,37,49-53,62-64,66-67,69-75,79-81H,2-3,6,8,10-12,14,17,19,22,26-27H2,1H3,(H,76,77)/t28-,30+,34-,37-,49-,50-,51-,52-,53?,56+,57-,58-,59+,60+/m1/s1. The first-order chi connectivity index (χ1) is 40.9. The van der Waals surface area contributed by atoms with Crippen LogP contribution >= 0.6 is 0 Å². The van der Waals surface area contributed by atoms with Crippen molar-refractivity contribution in [2.45, 2.75) is 154 Å². The van der Waals surface area contributed by atoms with Crippen molar-refractivity contribution >= 4 is 29.2 Å². The van der Waals surface area contributed by atoms with Crippen LogP contribution in [0.15, 0.2) is 80.3 Å². The summed E-state index contributed by atoms with van der Waals surface area (Å²) < 4.78 is 32.4. The van der Waals surface area contributed by atoms with Crippen LogP contribution in [0.25, 0.3) is 22.3 Å². The largest absolute Gasteiger partial charge is 0.507 e. The number of fused-ring (bicyclic) bond motifs is 10. The molecule has 7 aliphatic heterocycles. The van der Waals surface area contributed by atoms with E-state index in [1.807, 2.05) is 13.0 Å². The first-order valence-electron chi connectivity index (χ1n) is 28.3. The van der Waals surface area contributed by atoms with Gasteiger partial charge in [-0.15, -0.1) is 0 Å². The Labute approximate surface area is 488 Å². The fraction of sp³-hybridized carbons (Fsp3) is 0.475. The van der Waals surface area contributed by atoms with Gasteiger partial charge in [-0.1, -0.05) is 43.3 Å². The Morgan fingerprint density at radius 3 is 2.45 bits per heavy atom. The number of aromatic hydroxyl groups is 3. The Morgan fingerprint density at radius 2 is 1.72 bits per heavy atom. The maximum Gasteiger partial charge on any atom is 0.354 e. The van der Waals surface area contributed by atoms with E-state index < -0.39 is 167 Å². The minimum Gasteiger partial charge on any atom is -0.507 e. The van der Waals surface area contributed by atoms with Gasteiger partial charge in [0.05, 0.1) is 12.6 Å². The molecule has 16 N–H and O–H groups in total. The van der Waals surface area contributed by atoms with Crippen molar-refractivity contribution in [2.75, 3.05) is 13.2 Å². The summed E-state index contributed by atoms with van der Waals surface area (Å²) in [7, 11) is 0. The molecule has 3 saturated heterocycles. The smallest absolute Gasteiger partial charge is 0.354 e. The normalized spacial score (nSPS) is 34.3. The van der Waals surface area contributed by atoms with Gasteiger partial charge in [-0.25, -0.2) is 9.59 Å². The van der Waals surface area contributed by atoms with Crippen LogP contribution < -0.4 is 20.8 Å². The van der Waals surface area contributed by atoms with E-state index in [2.05, 4.69) is 39.3 Å². The van der Waals surface area contributed by atoms with Crippen molar-refractivity contribution in [3.63, 3.8) is 0 Å². The summed E-state index contributed by atoms with van der Waals surface area (Å²) in [6.07, 6.45) is -6.86. The number of carboxylic acid groups (broad SMARTS) is 1. The number of dihydropyridines is 1. The third kappa shape index (κ3) is 8.63. The van der Waals surface area contributed by atoms with E-state index >= 15 is 4.79 Å². The number of piperidine rings is 1. The second kappa shape index (κ2) is 21.1. The number of aromatic nitrogens is 1. The number of esters is 1. The predicted molar refractivity (Wildman–Crippen MR) is 294 cm³/mol. The summed E-state index contributed by atoms with van der Waals surface area (Å²) in [6.45, 7) is 0.491. The van der Waals surface area contributed by atoms with Gasteiger partial charge < -0.3 is 105 Å². The Hall–Kier alpha value is -7.60. The van der Waals surface area contributed by atoms with Crippen molar-refractivity contribution in [2.24, 2.45) is 11.8 Å². The second-order valence-corrected chi connectivity index (χ2v) is 23.4. The molecule has 25 heteroatoms. The van der Waals surface area contributed by atoms with Gasteiger partial charge in [0.1, 0.15) is 52.3 Å². The van der Waals surface area contributed by atoms with Gasteiger partial charge in [0, 0.05) is 108 Å². The number of benzene rings is 2. The third-order valence-corrected chi connectivity index (χ3v) is 18.5. The number of allylic oxidation sites excluding steroid dienone is 4. The highest BCUT2D eigenvalue weighted by Crippen LogP contribution is 2.58. The fourth-order valence-corrected chi connectivity index (χ4v) is 14.0. The van der Waals surface area contributed by atoms with Crippen molar-refractivity contribution in [3.05, 3.63) is 104 Å². The quantitative estimate of drug-likeness (QED) is 0.0233. The fourth-order valence-electron chi connectivity index (χ4n) is 14.0. The third-order valence-electron chi connectivity index (χ3n) is 18.5. The van der Waals surface area contributed by atoms with Crippen LogP contribution in [0.2, 0.25) is 0 Å². The van der Waals surface area contributed by atoms with E-state index in [-0.39, 0.29) is 58.1 Å². The molecule has 2 aliphatic carbocycles. The Kier molecular flexibility index (Phi) is 14.4. The number of aldehydes is 1. The molecule has 0 radical (unpaired) electrons. The number of phenols is 3. The topological polar surface area (TPSA) is 421 Å². The number of rotatable bonds is 11. The minimum atomic E-state index is -4.07. The number of nitrogens with one attached hydrogen (secondary N) is 3. The SMILES string of the molecule is CCC1=C([C@H]2C=C3Cc4[nH]ccc4C#CC[C@]4(O)[C@H](O)[C@@H](O)[C@@]3(Oc3cc5oc(-c6cc(O)c(O)c(CCO)c6)cc(=O)c5c(O)c32)O[C@@]42CC#C[C@]3(C(=O)O)O[C@](C[C@H](CO)CC=O)(OC2=O)[C@H](O)[C@@H](O)C3(O)O)C=C2C(N1)N[C@@H]1CCC[C@H]2C1. The van der Waals surface area contributed by atoms with E-state index in [9.17, 15) is 80.8 Å². The van der Waals surface area contributed by atoms with E-state index in [0.29, 0.717) is 29.7 Å².